The lowest BCUT2D eigenvalue weighted by molar-refractivity contribution is 0.0595. The Balaban J connectivity index is 1.42. The van der Waals surface area contributed by atoms with E-state index < -0.39 is 14.8 Å². The van der Waals surface area contributed by atoms with Crippen LogP contribution in [0, 0.1) is 17.2 Å². The molecule has 1 aromatic heterocycles. The lowest BCUT2D eigenvalue weighted by Crippen LogP contribution is -2.47. The molecule has 2 aliphatic heterocycles. The minimum absolute atomic E-state index is 0.0960. The number of halogens is 1. The van der Waals surface area contributed by atoms with E-state index in [-0.39, 0.29) is 29.7 Å². The molecule has 2 fully saturated rings. The molecule has 0 amide bonds. The third kappa shape index (κ3) is 5.30. The molecule has 4 rings (SSSR count). The van der Waals surface area contributed by atoms with Crippen LogP contribution in [0.3, 0.4) is 0 Å². The summed E-state index contributed by atoms with van der Waals surface area (Å²) in [5, 5.41) is 16.7. The molecule has 194 valence electrons. The number of ether oxygens (including phenoxy) is 1. The summed E-state index contributed by atoms with van der Waals surface area (Å²) in [4.78, 5) is 13.0. The molecule has 1 N–H and O–H groups in total. The second-order valence-electron chi connectivity index (χ2n) is 9.92. The van der Waals surface area contributed by atoms with Crippen molar-refractivity contribution < 1.29 is 13.2 Å². The van der Waals surface area contributed by atoms with Crippen LogP contribution in [0.2, 0.25) is 5.02 Å². The summed E-state index contributed by atoms with van der Waals surface area (Å²) in [6.07, 6.45) is 4.58. The Kier molecular flexibility index (Phi) is 8.05. The van der Waals surface area contributed by atoms with Gasteiger partial charge in [-0.1, -0.05) is 23.7 Å². The highest BCUT2D eigenvalue weighted by molar-refractivity contribution is 7.90. The first kappa shape index (κ1) is 26.6. The summed E-state index contributed by atoms with van der Waals surface area (Å²) < 4.78 is 34.2. The van der Waals surface area contributed by atoms with E-state index >= 15 is 0 Å². The number of hydrogen-bond acceptors (Lipinski definition) is 7. The lowest BCUT2D eigenvalue weighted by Gasteiger charge is -2.37. The SMILES string of the molecule is CC(C)(c1ccc(C#N)cc1)S(=O)(=O)N1CCC(n2ncc(NC[C@@H]3CCCOC3)c(Cl)c2=O)CC1. The van der Waals surface area contributed by atoms with E-state index in [1.165, 1.54) is 8.99 Å². The first-order valence-corrected chi connectivity index (χ1v) is 14.1. The van der Waals surface area contributed by atoms with Crippen LogP contribution in [0.5, 0.6) is 0 Å². The molecule has 0 unspecified atom stereocenters. The van der Waals surface area contributed by atoms with E-state index in [0.717, 1.165) is 19.4 Å². The van der Waals surface area contributed by atoms with Crippen molar-refractivity contribution in [3.8, 4) is 6.07 Å². The molecular formula is C25H32ClN5O4S. The Morgan fingerprint density at radius 1 is 1.22 bits per heavy atom. The van der Waals surface area contributed by atoms with Gasteiger partial charge in [0.15, 0.2) is 0 Å². The molecule has 0 radical (unpaired) electrons. The van der Waals surface area contributed by atoms with Crippen molar-refractivity contribution in [1.82, 2.24) is 14.1 Å². The Bertz CT molecular complexity index is 1270. The summed E-state index contributed by atoms with van der Waals surface area (Å²) in [6, 6.07) is 8.44. The number of hydrogen-bond donors (Lipinski definition) is 1. The average Bonchev–Trinajstić information content (AvgIpc) is 2.90. The third-order valence-electron chi connectivity index (χ3n) is 7.24. The minimum atomic E-state index is -3.69. The normalized spacial score (nSPS) is 20.1. The maximum Gasteiger partial charge on any atom is 0.287 e. The van der Waals surface area contributed by atoms with E-state index in [2.05, 4.69) is 10.4 Å². The van der Waals surface area contributed by atoms with Gasteiger partial charge in [-0.2, -0.15) is 10.4 Å². The molecule has 0 aliphatic carbocycles. The van der Waals surface area contributed by atoms with Gasteiger partial charge >= 0.3 is 0 Å². The van der Waals surface area contributed by atoms with Gasteiger partial charge in [-0.3, -0.25) is 4.79 Å². The maximum atomic E-state index is 13.5. The van der Waals surface area contributed by atoms with Gasteiger partial charge in [-0.05, 0) is 63.1 Å². The van der Waals surface area contributed by atoms with Crippen molar-refractivity contribution >= 4 is 27.3 Å². The quantitative estimate of drug-likeness (QED) is 0.578. The molecule has 11 heteroatoms. The van der Waals surface area contributed by atoms with Crippen molar-refractivity contribution in [1.29, 1.82) is 5.26 Å². The average molecular weight is 534 g/mol. The molecule has 3 heterocycles. The predicted molar refractivity (Wildman–Crippen MR) is 138 cm³/mol. The summed E-state index contributed by atoms with van der Waals surface area (Å²) in [6.45, 7) is 6.05. The van der Waals surface area contributed by atoms with Crippen LogP contribution in [-0.4, -0.2) is 55.4 Å². The van der Waals surface area contributed by atoms with Crippen LogP contribution in [0.1, 0.15) is 56.7 Å². The van der Waals surface area contributed by atoms with E-state index in [9.17, 15) is 13.2 Å². The van der Waals surface area contributed by atoms with Crippen molar-refractivity contribution in [2.45, 2.75) is 50.3 Å². The standard InChI is InChI=1S/C25H32ClN5O4S/c1-25(2,20-7-5-18(14-27)6-8-20)36(33,34)30-11-9-21(10-12-30)31-24(32)23(26)22(16-29-31)28-15-19-4-3-13-35-17-19/h5-8,16,19,21,28H,3-4,9-13,15,17H2,1-2H3/t19-/m0/s1. The zero-order valence-electron chi connectivity index (χ0n) is 20.6. The van der Waals surface area contributed by atoms with Gasteiger partial charge in [0.05, 0.1) is 36.2 Å². The summed E-state index contributed by atoms with van der Waals surface area (Å²) >= 11 is 6.39. The third-order valence-corrected chi connectivity index (χ3v) is 10.2. The maximum absolute atomic E-state index is 13.5. The molecule has 2 aliphatic rings. The van der Waals surface area contributed by atoms with Crippen LogP contribution in [0.15, 0.2) is 35.3 Å². The van der Waals surface area contributed by atoms with Gasteiger partial charge in [0.25, 0.3) is 5.56 Å². The molecule has 0 bridgehead atoms. The predicted octanol–water partition coefficient (Wildman–Crippen LogP) is 3.51. The summed E-state index contributed by atoms with van der Waals surface area (Å²) in [7, 11) is -3.69. The highest BCUT2D eigenvalue weighted by Gasteiger charge is 2.42. The van der Waals surface area contributed by atoms with E-state index in [1.54, 1.807) is 44.3 Å². The number of benzene rings is 1. The van der Waals surface area contributed by atoms with Crippen LogP contribution < -0.4 is 10.9 Å². The zero-order chi connectivity index (χ0) is 25.9. The van der Waals surface area contributed by atoms with Gasteiger partial charge < -0.3 is 10.1 Å². The van der Waals surface area contributed by atoms with Crippen molar-refractivity contribution in [3.63, 3.8) is 0 Å². The largest absolute Gasteiger partial charge is 0.382 e. The van der Waals surface area contributed by atoms with Crippen LogP contribution in [-0.2, 0) is 19.5 Å². The topological polar surface area (TPSA) is 117 Å². The smallest absolute Gasteiger partial charge is 0.287 e. The molecule has 36 heavy (non-hydrogen) atoms. The number of nitriles is 1. The van der Waals surface area contributed by atoms with Gasteiger partial charge in [0, 0.05) is 26.2 Å². The van der Waals surface area contributed by atoms with Gasteiger partial charge in [-0.25, -0.2) is 17.4 Å². The molecule has 2 aromatic rings. The lowest BCUT2D eigenvalue weighted by atomic mass is 10.0. The van der Waals surface area contributed by atoms with Crippen LogP contribution in [0.4, 0.5) is 5.69 Å². The second-order valence-corrected chi connectivity index (χ2v) is 12.8. The fourth-order valence-corrected chi connectivity index (χ4v) is 6.77. The number of nitrogens with one attached hydrogen (secondary N) is 1. The Morgan fingerprint density at radius 2 is 1.92 bits per heavy atom. The highest BCUT2D eigenvalue weighted by Crippen LogP contribution is 2.35. The second kappa shape index (κ2) is 10.9. The summed E-state index contributed by atoms with van der Waals surface area (Å²) in [5.41, 5.74) is 1.23. The first-order valence-electron chi connectivity index (χ1n) is 12.2. The molecule has 0 saturated carbocycles. The van der Waals surface area contributed by atoms with Crippen LogP contribution in [0.25, 0.3) is 0 Å². The fourth-order valence-electron chi connectivity index (χ4n) is 4.80. The van der Waals surface area contributed by atoms with Crippen molar-refractivity contribution in [2.24, 2.45) is 5.92 Å². The number of rotatable bonds is 7. The van der Waals surface area contributed by atoms with Crippen molar-refractivity contribution in [2.75, 3.05) is 38.2 Å². The molecular weight excluding hydrogens is 502 g/mol. The summed E-state index contributed by atoms with van der Waals surface area (Å²) in [5.74, 6) is 0.372. The number of aromatic nitrogens is 2. The first-order chi connectivity index (χ1) is 17.1. The van der Waals surface area contributed by atoms with Crippen molar-refractivity contribution in [3.05, 3.63) is 57.0 Å². The number of piperidine rings is 1. The number of anilines is 1. The molecule has 2 saturated heterocycles. The Morgan fingerprint density at radius 3 is 2.53 bits per heavy atom. The molecule has 0 spiro atoms. The Labute approximate surface area is 217 Å². The minimum Gasteiger partial charge on any atom is -0.382 e. The van der Waals surface area contributed by atoms with Crippen LogP contribution >= 0.6 is 11.6 Å². The number of sulfonamides is 1. The van der Waals surface area contributed by atoms with E-state index in [0.29, 0.717) is 48.7 Å². The van der Waals surface area contributed by atoms with Gasteiger partial charge in [0.2, 0.25) is 10.0 Å². The molecule has 1 atom stereocenters. The van der Waals surface area contributed by atoms with E-state index in [4.69, 9.17) is 21.6 Å². The molecule has 1 aromatic carbocycles. The molecule has 9 nitrogen and oxygen atoms in total. The Hall–Kier alpha value is -2.45. The highest BCUT2D eigenvalue weighted by atomic mass is 35.5. The van der Waals surface area contributed by atoms with E-state index in [1.807, 2.05) is 6.07 Å². The number of nitrogens with zero attached hydrogens (tertiary/aromatic N) is 4. The van der Waals surface area contributed by atoms with Gasteiger partial charge in [0.1, 0.15) is 9.77 Å². The zero-order valence-corrected chi connectivity index (χ0v) is 22.2. The monoisotopic (exact) mass is 533 g/mol. The fraction of sp³-hybridized carbons (Fsp3) is 0.560. The van der Waals surface area contributed by atoms with Gasteiger partial charge in [-0.15, -0.1) is 0 Å².